The van der Waals surface area contributed by atoms with Gasteiger partial charge in [0.05, 0.1) is 11.0 Å². The zero-order valence-corrected chi connectivity index (χ0v) is 16.5. The van der Waals surface area contributed by atoms with Crippen LogP contribution in [0.3, 0.4) is 0 Å². The summed E-state index contributed by atoms with van der Waals surface area (Å²) in [4.78, 5) is 9.62. The van der Waals surface area contributed by atoms with Gasteiger partial charge in [-0.15, -0.1) is 0 Å². The highest BCUT2D eigenvalue weighted by Crippen LogP contribution is 2.44. The minimum atomic E-state index is 0.0820. The van der Waals surface area contributed by atoms with Gasteiger partial charge in [0.2, 0.25) is 0 Å². The minimum Gasteiger partial charge on any atom is -0.378 e. The molecule has 1 aliphatic heterocycles. The van der Waals surface area contributed by atoms with E-state index in [2.05, 4.69) is 108 Å². The summed E-state index contributed by atoms with van der Waals surface area (Å²) in [5.74, 6) is 1.04. The normalized spacial score (nSPS) is 15.4. The number of imidazole rings is 1. The molecule has 140 valence electrons. The van der Waals surface area contributed by atoms with E-state index in [0.29, 0.717) is 0 Å². The summed E-state index contributed by atoms with van der Waals surface area (Å²) in [5, 5.41) is 0. The maximum Gasteiger partial charge on any atom is 0.145 e. The molecule has 2 heterocycles. The van der Waals surface area contributed by atoms with Crippen molar-refractivity contribution in [3.63, 3.8) is 0 Å². The van der Waals surface area contributed by atoms with Gasteiger partial charge < -0.3 is 9.80 Å². The van der Waals surface area contributed by atoms with E-state index in [0.717, 1.165) is 17.9 Å². The van der Waals surface area contributed by atoms with Crippen LogP contribution in [0.15, 0.2) is 72.8 Å². The van der Waals surface area contributed by atoms with Crippen LogP contribution in [0.4, 0.5) is 11.4 Å². The molecule has 1 unspecified atom stereocenters. The topological polar surface area (TPSA) is 24.3 Å². The third-order valence-electron chi connectivity index (χ3n) is 5.64. The molecule has 0 radical (unpaired) electrons. The van der Waals surface area contributed by atoms with Crippen LogP contribution in [0.2, 0.25) is 0 Å². The number of fused-ring (bicyclic) bond motifs is 5. The molecule has 1 atom stereocenters. The predicted octanol–water partition coefficient (Wildman–Crippen LogP) is 5.16. The molecule has 1 aromatic heterocycles. The first-order valence-corrected chi connectivity index (χ1v) is 9.79. The van der Waals surface area contributed by atoms with Crippen molar-refractivity contribution < 1.29 is 0 Å². The van der Waals surface area contributed by atoms with Gasteiger partial charge >= 0.3 is 0 Å². The van der Waals surface area contributed by atoms with E-state index in [1.54, 1.807) is 0 Å². The Balaban J connectivity index is 1.79. The molecule has 0 bridgehead atoms. The summed E-state index contributed by atoms with van der Waals surface area (Å²) >= 11 is 0. The van der Waals surface area contributed by atoms with E-state index in [-0.39, 0.29) is 6.17 Å². The predicted molar refractivity (Wildman–Crippen MR) is 117 cm³/mol. The lowest BCUT2D eigenvalue weighted by Crippen LogP contribution is -2.37. The van der Waals surface area contributed by atoms with E-state index < -0.39 is 0 Å². The van der Waals surface area contributed by atoms with Crippen LogP contribution in [0, 0.1) is 0 Å². The molecule has 0 aliphatic carbocycles. The molecular weight excluding hydrogens is 344 g/mol. The highest BCUT2D eigenvalue weighted by molar-refractivity contribution is 5.87. The molecule has 3 aromatic carbocycles. The van der Waals surface area contributed by atoms with Crippen molar-refractivity contribution in [2.24, 2.45) is 0 Å². The van der Waals surface area contributed by atoms with Crippen molar-refractivity contribution in [2.75, 3.05) is 30.4 Å². The summed E-state index contributed by atoms with van der Waals surface area (Å²) in [5.41, 5.74) is 7.13. The number of para-hydroxylation sites is 3. The van der Waals surface area contributed by atoms with E-state index in [1.807, 2.05) is 0 Å². The molecular formula is C24H24N4. The molecule has 5 rings (SSSR count). The van der Waals surface area contributed by atoms with Gasteiger partial charge in [0.25, 0.3) is 0 Å². The Morgan fingerprint density at radius 1 is 0.893 bits per heavy atom. The molecule has 1 aliphatic rings. The molecule has 0 fully saturated rings. The van der Waals surface area contributed by atoms with Gasteiger partial charge in [0.15, 0.2) is 0 Å². The quantitative estimate of drug-likeness (QED) is 0.499. The second kappa shape index (κ2) is 6.41. The van der Waals surface area contributed by atoms with Crippen LogP contribution in [-0.2, 0) is 0 Å². The lowest BCUT2D eigenvalue weighted by Gasteiger charge is -2.40. The van der Waals surface area contributed by atoms with Gasteiger partial charge in [-0.2, -0.15) is 0 Å². The van der Waals surface area contributed by atoms with E-state index in [4.69, 9.17) is 4.98 Å². The maximum atomic E-state index is 5.01. The van der Waals surface area contributed by atoms with Crippen molar-refractivity contribution in [3.8, 4) is 11.4 Å². The summed E-state index contributed by atoms with van der Waals surface area (Å²) in [6, 6.07) is 25.9. The first-order chi connectivity index (χ1) is 13.7. The number of benzene rings is 3. The third-order valence-corrected chi connectivity index (χ3v) is 5.64. The van der Waals surface area contributed by atoms with Crippen LogP contribution in [0.1, 0.15) is 18.7 Å². The Labute approximate surface area is 165 Å². The van der Waals surface area contributed by atoms with Gasteiger partial charge in [-0.25, -0.2) is 4.98 Å². The van der Waals surface area contributed by atoms with Crippen LogP contribution >= 0.6 is 0 Å². The monoisotopic (exact) mass is 368 g/mol. The number of anilines is 2. The van der Waals surface area contributed by atoms with E-state index >= 15 is 0 Å². The molecule has 4 nitrogen and oxygen atoms in total. The van der Waals surface area contributed by atoms with Crippen LogP contribution in [0.25, 0.3) is 22.4 Å². The second-order valence-electron chi connectivity index (χ2n) is 7.46. The third kappa shape index (κ3) is 2.41. The Hall–Kier alpha value is -3.27. The van der Waals surface area contributed by atoms with Crippen LogP contribution in [-0.4, -0.2) is 30.2 Å². The summed E-state index contributed by atoms with van der Waals surface area (Å²) in [7, 11) is 4.15. The van der Waals surface area contributed by atoms with Crippen molar-refractivity contribution >= 4 is 22.4 Å². The van der Waals surface area contributed by atoms with Gasteiger partial charge in [-0.3, -0.25) is 4.57 Å². The summed E-state index contributed by atoms with van der Waals surface area (Å²) in [6.45, 7) is 3.14. The van der Waals surface area contributed by atoms with Crippen LogP contribution < -0.4 is 9.80 Å². The Kier molecular flexibility index (Phi) is 3.86. The lowest BCUT2D eigenvalue weighted by molar-refractivity contribution is 0.556. The molecule has 0 saturated carbocycles. The van der Waals surface area contributed by atoms with Crippen molar-refractivity contribution in [1.29, 1.82) is 0 Å². The average molecular weight is 368 g/mol. The number of nitrogens with zero attached hydrogens (tertiary/aromatic N) is 4. The van der Waals surface area contributed by atoms with E-state index in [1.165, 1.54) is 28.0 Å². The minimum absolute atomic E-state index is 0.0820. The first kappa shape index (κ1) is 16.9. The summed E-state index contributed by atoms with van der Waals surface area (Å²) < 4.78 is 2.39. The maximum absolute atomic E-state index is 5.01. The van der Waals surface area contributed by atoms with Crippen molar-refractivity contribution in [3.05, 3.63) is 78.4 Å². The molecule has 0 N–H and O–H groups in total. The Bertz CT molecular complexity index is 1140. The highest BCUT2D eigenvalue weighted by Gasteiger charge is 2.33. The summed E-state index contributed by atoms with van der Waals surface area (Å²) in [6.07, 6.45) is 0.0820. The van der Waals surface area contributed by atoms with E-state index in [9.17, 15) is 0 Å². The van der Waals surface area contributed by atoms with Gasteiger partial charge in [0.1, 0.15) is 12.0 Å². The Morgan fingerprint density at radius 3 is 2.36 bits per heavy atom. The van der Waals surface area contributed by atoms with Gasteiger partial charge in [-0.1, -0.05) is 36.4 Å². The molecule has 28 heavy (non-hydrogen) atoms. The zero-order valence-electron chi connectivity index (χ0n) is 16.5. The fourth-order valence-corrected chi connectivity index (χ4v) is 4.28. The standard InChI is InChI=1S/C24H24N4/c1-4-27-21-11-7-5-9-19(21)23-25-20-10-6-8-12-22(20)28(23)24(27)17-13-15-18(16-14-17)26(2)3/h5-16,24H,4H2,1-3H3. The Morgan fingerprint density at radius 2 is 1.61 bits per heavy atom. The van der Waals surface area contributed by atoms with Crippen molar-refractivity contribution in [2.45, 2.75) is 13.1 Å². The molecule has 0 amide bonds. The fourth-order valence-electron chi connectivity index (χ4n) is 4.28. The highest BCUT2D eigenvalue weighted by atomic mass is 15.3. The van der Waals surface area contributed by atoms with Crippen LogP contribution in [0.5, 0.6) is 0 Å². The van der Waals surface area contributed by atoms with Gasteiger partial charge in [-0.05, 0) is 48.9 Å². The van der Waals surface area contributed by atoms with Gasteiger partial charge in [0, 0.05) is 37.6 Å². The largest absolute Gasteiger partial charge is 0.378 e. The second-order valence-corrected chi connectivity index (χ2v) is 7.46. The average Bonchev–Trinajstić information content (AvgIpc) is 3.12. The number of aromatic nitrogens is 2. The number of hydrogen-bond acceptors (Lipinski definition) is 3. The fraction of sp³-hybridized carbons (Fsp3) is 0.208. The zero-order chi connectivity index (χ0) is 19.3. The molecule has 4 aromatic rings. The SMILES string of the molecule is CCN1c2ccccc2-c2nc3ccccc3n2C1c1ccc(N(C)C)cc1. The number of hydrogen-bond donors (Lipinski definition) is 0. The molecule has 4 heteroatoms. The number of rotatable bonds is 3. The smallest absolute Gasteiger partial charge is 0.145 e. The van der Waals surface area contributed by atoms with Crippen molar-refractivity contribution in [1.82, 2.24) is 9.55 Å². The molecule has 0 saturated heterocycles. The molecule has 0 spiro atoms. The lowest BCUT2D eigenvalue weighted by atomic mass is 10.0. The first-order valence-electron chi connectivity index (χ1n) is 9.79.